The van der Waals surface area contributed by atoms with Crippen LogP contribution in [0, 0.1) is 0 Å². The predicted octanol–water partition coefficient (Wildman–Crippen LogP) is 1.99. The minimum atomic E-state index is -0.512. The Hall–Kier alpha value is -2.37. The first-order chi connectivity index (χ1) is 9.33. The normalized spacial score (nSPS) is 11.3. The number of aromatic hydroxyl groups is 1. The minimum absolute atomic E-state index is 0.0452. The van der Waals surface area contributed by atoms with Gasteiger partial charge in [0, 0.05) is 23.5 Å². The molecular weight excluding hydrogens is 258 g/mol. The van der Waals surface area contributed by atoms with Crippen molar-refractivity contribution in [2.45, 2.75) is 32.9 Å². The Bertz CT molecular complexity index is 614. The Morgan fingerprint density at radius 1 is 1.30 bits per heavy atom. The second-order valence-electron chi connectivity index (χ2n) is 5.44. The van der Waals surface area contributed by atoms with Crippen molar-refractivity contribution in [1.82, 2.24) is 14.8 Å². The van der Waals surface area contributed by atoms with Crippen molar-refractivity contribution in [2.75, 3.05) is 0 Å². The molecule has 0 unspecified atom stereocenters. The van der Waals surface area contributed by atoms with Gasteiger partial charge in [0.15, 0.2) is 0 Å². The summed E-state index contributed by atoms with van der Waals surface area (Å²) < 4.78 is 6.72. The Morgan fingerprint density at radius 2 is 2.05 bits per heavy atom. The van der Waals surface area contributed by atoms with Crippen LogP contribution in [0.25, 0.3) is 11.1 Å². The van der Waals surface area contributed by atoms with E-state index in [9.17, 15) is 9.90 Å². The maximum Gasteiger partial charge on any atom is 0.328 e. The highest BCUT2D eigenvalue weighted by Crippen LogP contribution is 2.21. The summed E-state index contributed by atoms with van der Waals surface area (Å²) in [4.78, 5) is 15.6. The monoisotopic (exact) mass is 275 g/mol. The van der Waals surface area contributed by atoms with Crippen molar-refractivity contribution in [1.29, 1.82) is 0 Å². The van der Waals surface area contributed by atoms with Crippen LogP contribution >= 0.6 is 0 Å². The van der Waals surface area contributed by atoms with E-state index < -0.39 is 5.60 Å². The van der Waals surface area contributed by atoms with Gasteiger partial charge in [-0.25, -0.2) is 0 Å². The molecule has 0 aliphatic rings. The maximum atomic E-state index is 11.7. The Labute approximate surface area is 117 Å². The Balaban J connectivity index is 2.08. The molecular formula is C14H17N3O3. The molecule has 0 radical (unpaired) electrons. The molecule has 0 aliphatic carbocycles. The van der Waals surface area contributed by atoms with E-state index >= 15 is 0 Å². The van der Waals surface area contributed by atoms with Gasteiger partial charge in [-0.05, 0) is 26.8 Å². The topological polar surface area (TPSA) is 77.2 Å². The first kappa shape index (κ1) is 14.0. The van der Waals surface area contributed by atoms with Crippen molar-refractivity contribution in [2.24, 2.45) is 0 Å². The van der Waals surface area contributed by atoms with Crippen molar-refractivity contribution in [3.8, 4) is 16.9 Å². The number of aromatic nitrogens is 3. The highest BCUT2D eigenvalue weighted by Gasteiger charge is 2.17. The van der Waals surface area contributed by atoms with E-state index in [1.54, 1.807) is 24.7 Å². The molecule has 0 bridgehead atoms. The van der Waals surface area contributed by atoms with Crippen LogP contribution in [-0.4, -0.2) is 31.4 Å². The lowest BCUT2D eigenvalue weighted by molar-refractivity contribution is -0.155. The molecule has 6 nitrogen and oxygen atoms in total. The fourth-order valence-corrected chi connectivity index (χ4v) is 1.69. The summed E-state index contributed by atoms with van der Waals surface area (Å²) in [7, 11) is 0. The van der Waals surface area contributed by atoms with E-state index in [4.69, 9.17) is 4.74 Å². The molecule has 1 N–H and O–H groups in total. The highest BCUT2D eigenvalue weighted by atomic mass is 16.6. The summed E-state index contributed by atoms with van der Waals surface area (Å²) in [5.74, 6) is -0.261. The van der Waals surface area contributed by atoms with E-state index in [1.807, 2.05) is 20.8 Å². The van der Waals surface area contributed by atoms with Crippen LogP contribution in [0.3, 0.4) is 0 Å². The molecule has 0 spiro atoms. The fraction of sp³-hybridized carbons (Fsp3) is 0.357. The number of carbonyl (C=O) groups is 1. The van der Waals surface area contributed by atoms with Gasteiger partial charge in [-0.1, -0.05) is 0 Å². The number of nitrogens with zero attached hydrogens (tertiary/aromatic N) is 3. The molecule has 0 saturated carbocycles. The lowest BCUT2D eigenvalue weighted by atomic mass is 10.2. The Kier molecular flexibility index (Phi) is 3.74. The van der Waals surface area contributed by atoms with Crippen LogP contribution in [0.15, 0.2) is 30.9 Å². The van der Waals surface area contributed by atoms with Gasteiger partial charge < -0.3 is 9.84 Å². The van der Waals surface area contributed by atoms with Gasteiger partial charge in [0.2, 0.25) is 0 Å². The molecule has 2 aromatic heterocycles. The second kappa shape index (κ2) is 5.32. The van der Waals surface area contributed by atoms with E-state index in [0.29, 0.717) is 0 Å². The molecule has 2 aromatic rings. The van der Waals surface area contributed by atoms with Crippen LogP contribution in [0.4, 0.5) is 0 Å². The van der Waals surface area contributed by atoms with Crippen LogP contribution in [0.5, 0.6) is 5.75 Å². The third-order valence-corrected chi connectivity index (χ3v) is 2.40. The van der Waals surface area contributed by atoms with Gasteiger partial charge in [0.25, 0.3) is 0 Å². The summed E-state index contributed by atoms with van der Waals surface area (Å²) in [5.41, 5.74) is 1.000. The highest BCUT2D eigenvalue weighted by molar-refractivity contribution is 5.70. The lowest BCUT2D eigenvalue weighted by Gasteiger charge is -2.19. The SMILES string of the molecule is CC(C)(C)OC(=O)Cn1cc(-c2cncc(O)c2)cn1. The van der Waals surface area contributed by atoms with E-state index in [2.05, 4.69) is 10.1 Å². The van der Waals surface area contributed by atoms with Crippen molar-refractivity contribution >= 4 is 5.97 Å². The number of rotatable bonds is 3. The number of hydrogen-bond acceptors (Lipinski definition) is 5. The number of ether oxygens (including phenoxy) is 1. The van der Waals surface area contributed by atoms with Gasteiger partial charge in [-0.15, -0.1) is 0 Å². The third kappa shape index (κ3) is 3.81. The largest absolute Gasteiger partial charge is 0.506 e. The first-order valence-corrected chi connectivity index (χ1v) is 6.22. The van der Waals surface area contributed by atoms with Gasteiger partial charge in [0.05, 0.1) is 12.4 Å². The van der Waals surface area contributed by atoms with Crippen LogP contribution in [0.2, 0.25) is 0 Å². The number of esters is 1. The number of hydrogen-bond donors (Lipinski definition) is 1. The fourth-order valence-electron chi connectivity index (χ4n) is 1.69. The van der Waals surface area contributed by atoms with Gasteiger partial charge in [-0.3, -0.25) is 14.5 Å². The average Bonchev–Trinajstić information content (AvgIpc) is 2.74. The van der Waals surface area contributed by atoms with Crippen LogP contribution in [-0.2, 0) is 16.1 Å². The molecule has 6 heteroatoms. The molecule has 0 fully saturated rings. The molecule has 20 heavy (non-hydrogen) atoms. The van der Waals surface area contributed by atoms with E-state index in [0.717, 1.165) is 11.1 Å². The van der Waals surface area contributed by atoms with Crippen molar-refractivity contribution < 1.29 is 14.6 Å². The molecule has 2 heterocycles. The van der Waals surface area contributed by atoms with Crippen LogP contribution in [0.1, 0.15) is 20.8 Å². The predicted molar refractivity (Wildman–Crippen MR) is 73.0 cm³/mol. The van der Waals surface area contributed by atoms with Gasteiger partial charge in [-0.2, -0.15) is 5.10 Å². The molecule has 0 aromatic carbocycles. The van der Waals surface area contributed by atoms with Crippen molar-refractivity contribution in [3.05, 3.63) is 30.9 Å². The third-order valence-electron chi connectivity index (χ3n) is 2.40. The zero-order valence-corrected chi connectivity index (χ0v) is 11.7. The molecule has 0 saturated heterocycles. The molecule has 106 valence electrons. The van der Waals surface area contributed by atoms with Gasteiger partial charge >= 0.3 is 5.97 Å². The summed E-state index contributed by atoms with van der Waals surface area (Å²) >= 11 is 0. The zero-order valence-electron chi connectivity index (χ0n) is 11.7. The first-order valence-electron chi connectivity index (χ1n) is 6.22. The smallest absolute Gasteiger partial charge is 0.328 e. The zero-order chi connectivity index (χ0) is 14.8. The molecule has 2 rings (SSSR count). The second-order valence-corrected chi connectivity index (χ2v) is 5.44. The van der Waals surface area contributed by atoms with E-state index in [1.165, 1.54) is 10.9 Å². The molecule has 0 atom stereocenters. The summed E-state index contributed by atoms with van der Waals surface area (Å²) in [6, 6.07) is 1.59. The van der Waals surface area contributed by atoms with Crippen molar-refractivity contribution in [3.63, 3.8) is 0 Å². The number of pyridine rings is 1. The molecule has 0 amide bonds. The number of carbonyl (C=O) groups excluding carboxylic acids is 1. The van der Waals surface area contributed by atoms with Crippen LogP contribution < -0.4 is 0 Å². The summed E-state index contributed by atoms with van der Waals surface area (Å²) in [5, 5.41) is 13.5. The lowest BCUT2D eigenvalue weighted by Crippen LogP contribution is -2.26. The molecule has 0 aliphatic heterocycles. The quantitative estimate of drug-likeness (QED) is 0.867. The average molecular weight is 275 g/mol. The Morgan fingerprint density at radius 3 is 2.70 bits per heavy atom. The minimum Gasteiger partial charge on any atom is -0.506 e. The van der Waals surface area contributed by atoms with E-state index in [-0.39, 0.29) is 18.3 Å². The summed E-state index contributed by atoms with van der Waals surface area (Å²) in [6.45, 7) is 5.50. The van der Waals surface area contributed by atoms with Gasteiger partial charge in [0.1, 0.15) is 17.9 Å². The maximum absolute atomic E-state index is 11.7. The summed E-state index contributed by atoms with van der Waals surface area (Å²) in [6.07, 6.45) is 6.30. The standard InChI is InChI=1S/C14H17N3O3/c1-14(2,3)20-13(19)9-17-8-11(6-16-17)10-4-12(18)7-15-5-10/h4-8,18H,9H2,1-3H3.